The second-order valence-corrected chi connectivity index (χ2v) is 4.13. The fourth-order valence-electron chi connectivity index (χ4n) is 2.06. The maximum Gasteiger partial charge on any atom is 0.139 e. The van der Waals surface area contributed by atoms with Crippen LogP contribution in [0.1, 0.15) is 39.5 Å². The van der Waals surface area contributed by atoms with Crippen LogP contribution in [0, 0.1) is 11.3 Å². The molecule has 2 atom stereocenters. The highest BCUT2D eigenvalue weighted by molar-refractivity contribution is 5.85. The van der Waals surface area contributed by atoms with Crippen LogP contribution < -0.4 is 0 Å². The molecule has 0 aromatic heterocycles. The third-order valence-electron chi connectivity index (χ3n) is 3.33. The summed E-state index contributed by atoms with van der Waals surface area (Å²) < 4.78 is 0. The third-order valence-corrected chi connectivity index (χ3v) is 3.33. The van der Waals surface area contributed by atoms with Crippen molar-refractivity contribution >= 4 is 5.78 Å². The molecule has 1 nitrogen and oxygen atoms in total. The number of Topliss-reactive ketones (excluding diaryl/α,β-unsaturated/α-hetero) is 1. The summed E-state index contributed by atoms with van der Waals surface area (Å²) in [7, 11) is 0. The average molecular weight is 166 g/mol. The van der Waals surface area contributed by atoms with E-state index in [9.17, 15) is 4.79 Å². The van der Waals surface area contributed by atoms with Crippen LogP contribution >= 0.6 is 0 Å². The molecule has 1 aliphatic rings. The molecule has 1 heteroatoms. The number of allylic oxidation sites excluding steroid dienone is 1. The summed E-state index contributed by atoms with van der Waals surface area (Å²) in [6, 6.07) is 0. The summed E-state index contributed by atoms with van der Waals surface area (Å²) in [4.78, 5) is 11.7. The van der Waals surface area contributed by atoms with Gasteiger partial charge in [0, 0.05) is 11.8 Å². The van der Waals surface area contributed by atoms with Gasteiger partial charge in [0.05, 0.1) is 0 Å². The van der Waals surface area contributed by atoms with Gasteiger partial charge >= 0.3 is 0 Å². The number of ketones is 1. The largest absolute Gasteiger partial charge is 0.299 e. The van der Waals surface area contributed by atoms with Gasteiger partial charge in [-0.25, -0.2) is 0 Å². The standard InChI is InChI=1S/C11H18O/c1-4-8-11(3)9(2)6-5-7-10(11)12/h4,9H,1,5-8H2,2-3H3/t9-,11+/m0/s1. The van der Waals surface area contributed by atoms with E-state index in [0.29, 0.717) is 11.7 Å². The van der Waals surface area contributed by atoms with Crippen LogP contribution in [0.5, 0.6) is 0 Å². The topological polar surface area (TPSA) is 17.1 Å². The van der Waals surface area contributed by atoms with Crippen LogP contribution in [0.25, 0.3) is 0 Å². The summed E-state index contributed by atoms with van der Waals surface area (Å²) in [5.41, 5.74) is -0.111. The molecule has 0 saturated heterocycles. The van der Waals surface area contributed by atoms with E-state index in [1.54, 1.807) is 0 Å². The van der Waals surface area contributed by atoms with Gasteiger partial charge in [-0.15, -0.1) is 6.58 Å². The minimum atomic E-state index is -0.111. The van der Waals surface area contributed by atoms with Crippen molar-refractivity contribution in [2.45, 2.75) is 39.5 Å². The van der Waals surface area contributed by atoms with E-state index in [4.69, 9.17) is 0 Å². The molecule has 1 fully saturated rings. The van der Waals surface area contributed by atoms with Crippen molar-refractivity contribution in [3.8, 4) is 0 Å². The first-order valence-corrected chi connectivity index (χ1v) is 4.75. The van der Waals surface area contributed by atoms with Crippen LogP contribution in [0.3, 0.4) is 0 Å². The fraction of sp³-hybridized carbons (Fsp3) is 0.727. The SMILES string of the molecule is C=CC[C@@]1(C)C(=O)CCC[C@@H]1C. The molecule has 1 saturated carbocycles. The minimum Gasteiger partial charge on any atom is -0.299 e. The fourth-order valence-corrected chi connectivity index (χ4v) is 2.06. The van der Waals surface area contributed by atoms with Gasteiger partial charge < -0.3 is 0 Å². The van der Waals surface area contributed by atoms with Crippen LogP contribution in [0.15, 0.2) is 12.7 Å². The van der Waals surface area contributed by atoms with Crippen molar-refractivity contribution in [1.82, 2.24) is 0 Å². The maximum atomic E-state index is 11.7. The van der Waals surface area contributed by atoms with E-state index in [2.05, 4.69) is 20.4 Å². The molecule has 1 aliphatic carbocycles. The zero-order chi connectivity index (χ0) is 9.19. The number of rotatable bonds is 2. The molecule has 0 aromatic carbocycles. The summed E-state index contributed by atoms with van der Waals surface area (Å²) in [6.45, 7) is 7.98. The number of carbonyl (C=O) groups excluding carboxylic acids is 1. The quantitative estimate of drug-likeness (QED) is 0.576. The Morgan fingerprint density at radius 3 is 2.92 bits per heavy atom. The second-order valence-electron chi connectivity index (χ2n) is 4.13. The van der Waals surface area contributed by atoms with Crippen LogP contribution in [0.2, 0.25) is 0 Å². The molecule has 0 N–H and O–H groups in total. The highest BCUT2D eigenvalue weighted by Crippen LogP contribution is 2.40. The lowest BCUT2D eigenvalue weighted by molar-refractivity contribution is -0.133. The van der Waals surface area contributed by atoms with Crippen molar-refractivity contribution in [2.75, 3.05) is 0 Å². The van der Waals surface area contributed by atoms with Crippen molar-refractivity contribution in [3.63, 3.8) is 0 Å². The van der Waals surface area contributed by atoms with E-state index in [0.717, 1.165) is 19.3 Å². The summed E-state index contributed by atoms with van der Waals surface area (Å²) in [5, 5.41) is 0. The summed E-state index contributed by atoms with van der Waals surface area (Å²) >= 11 is 0. The van der Waals surface area contributed by atoms with Gasteiger partial charge in [-0.2, -0.15) is 0 Å². The lowest BCUT2D eigenvalue weighted by Gasteiger charge is -2.37. The van der Waals surface area contributed by atoms with Gasteiger partial charge in [-0.3, -0.25) is 4.79 Å². The Bertz CT molecular complexity index is 195. The predicted molar refractivity (Wildman–Crippen MR) is 50.9 cm³/mol. The second kappa shape index (κ2) is 3.42. The van der Waals surface area contributed by atoms with Gasteiger partial charge in [0.15, 0.2) is 0 Å². The minimum absolute atomic E-state index is 0.111. The van der Waals surface area contributed by atoms with Crippen LogP contribution in [-0.4, -0.2) is 5.78 Å². The van der Waals surface area contributed by atoms with Gasteiger partial charge in [-0.1, -0.05) is 19.9 Å². The molecule has 0 spiro atoms. The molecule has 0 heterocycles. The molecule has 68 valence electrons. The highest BCUT2D eigenvalue weighted by Gasteiger charge is 2.39. The predicted octanol–water partition coefficient (Wildman–Crippen LogP) is 2.96. The zero-order valence-electron chi connectivity index (χ0n) is 8.10. The first-order chi connectivity index (χ1) is 5.61. The molecular formula is C11H18O. The number of carbonyl (C=O) groups is 1. The number of hydrogen-bond donors (Lipinski definition) is 0. The van der Waals surface area contributed by atoms with Crippen LogP contribution in [-0.2, 0) is 4.79 Å². The smallest absolute Gasteiger partial charge is 0.139 e. The molecule has 0 aromatic rings. The third kappa shape index (κ3) is 1.45. The Hall–Kier alpha value is -0.590. The molecule has 12 heavy (non-hydrogen) atoms. The molecular weight excluding hydrogens is 148 g/mol. The van der Waals surface area contributed by atoms with E-state index < -0.39 is 0 Å². The Morgan fingerprint density at radius 1 is 1.75 bits per heavy atom. The van der Waals surface area contributed by atoms with Gasteiger partial charge in [0.1, 0.15) is 5.78 Å². The molecule has 0 unspecified atom stereocenters. The normalized spacial score (nSPS) is 36.5. The van der Waals surface area contributed by atoms with E-state index in [1.165, 1.54) is 6.42 Å². The average Bonchev–Trinajstić information content (AvgIpc) is 2.02. The molecule has 1 rings (SSSR count). The van der Waals surface area contributed by atoms with Gasteiger partial charge in [0.25, 0.3) is 0 Å². The Kier molecular flexibility index (Phi) is 2.71. The summed E-state index contributed by atoms with van der Waals surface area (Å²) in [5.74, 6) is 0.956. The molecule has 0 bridgehead atoms. The first-order valence-electron chi connectivity index (χ1n) is 4.75. The van der Waals surface area contributed by atoms with Crippen molar-refractivity contribution in [3.05, 3.63) is 12.7 Å². The molecule has 0 amide bonds. The maximum absolute atomic E-state index is 11.7. The molecule has 0 radical (unpaired) electrons. The van der Waals surface area contributed by atoms with Crippen LogP contribution in [0.4, 0.5) is 0 Å². The Balaban J connectivity index is 2.79. The summed E-state index contributed by atoms with van der Waals surface area (Å²) in [6.07, 6.45) is 5.75. The molecule has 0 aliphatic heterocycles. The lowest BCUT2D eigenvalue weighted by Crippen LogP contribution is -2.37. The highest BCUT2D eigenvalue weighted by atomic mass is 16.1. The first kappa shape index (κ1) is 9.50. The van der Waals surface area contributed by atoms with E-state index in [1.807, 2.05) is 6.08 Å². The van der Waals surface area contributed by atoms with Gasteiger partial charge in [0.2, 0.25) is 0 Å². The van der Waals surface area contributed by atoms with E-state index in [-0.39, 0.29) is 5.41 Å². The lowest BCUT2D eigenvalue weighted by atomic mass is 9.66. The van der Waals surface area contributed by atoms with Gasteiger partial charge in [-0.05, 0) is 25.2 Å². The van der Waals surface area contributed by atoms with E-state index >= 15 is 0 Å². The Labute approximate surface area is 74.9 Å². The Morgan fingerprint density at radius 2 is 2.42 bits per heavy atom. The monoisotopic (exact) mass is 166 g/mol. The van der Waals surface area contributed by atoms with Crippen molar-refractivity contribution < 1.29 is 4.79 Å². The van der Waals surface area contributed by atoms with Crippen molar-refractivity contribution in [1.29, 1.82) is 0 Å². The zero-order valence-corrected chi connectivity index (χ0v) is 8.10. The van der Waals surface area contributed by atoms with Crippen molar-refractivity contribution in [2.24, 2.45) is 11.3 Å². The number of hydrogen-bond acceptors (Lipinski definition) is 1.